The van der Waals surface area contributed by atoms with Crippen LogP contribution in [0.1, 0.15) is 58.3 Å². The van der Waals surface area contributed by atoms with Crippen LogP contribution in [0.25, 0.3) is 0 Å². The Labute approximate surface area is 174 Å². The van der Waals surface area contributed by atoms with E-state index in [1.54, 1.807) is 0 Å². The van der Waals surface area contributed by atoms with Gasteiger partial charge in [-0.3, -0.25) is 9.69 Å². The number of nitrogens with zero attached hydrogens (tertiary/aromatic N) is 5. The van der Waals surface area contributed by atoms with E-state index in [4.69, 9.17) is 4.98 Å². The number of anilines is 2. The fourth-order valence-corrected chi connectivity index (χ4v) is 5.02. The second-order valence-corrected chi connectivity index (χ2v) is 8.75. The molecule has 2 unspecified atom stereocenters. The van der Waals surface area contributed by atoms with Gasteiger partial charge < -0.3 is 15.1 Å². The fraction of sp³-hybridized carbons (Fsp3) is 0.773. The fourth-order valence-electron chi connectivity index (χ4n) is 5.02. The van der Waals surface area contributed by atoms with Crippen LogP contribution in [0.3, 0.4) is 0 Å². The summed E-state index contributed by atoms with van der Waals surface area (Å²) in [6, 6.07) is 2.92. The van der Waals surface area contributed by atoms with Gasteiger partial charge >= 0.3 is 0 Å². The van der Waals surface area contributed by atoms with Gasteiger partial charge in [-0.2, -0.15) is 4.98 Å². The van der Waals surface area contributed by atoms with Crippen molar-refractivity contribution in [1.82, 2.24) is 19.8 Å². The molecule has 0 aliphatic carbocycles. The lowest BCUT2D eigenvalue weighted by Crippen LogP contribution is -2.49. The van der Waals surface area contributed by atoms with Gasteiger partial charge in [-0.05, 0) is 38.2 Å². The zero-order chi connectivity index (χ0) is 20.1. The number of likely N-dealkylation sites (tertiary alicyclic amines) is 2. The summed E-state index contributed by atoms with van der Waals surface area (Å²) >= 11 is 0. The van der Waals surface area contributed by atoms with Crippen molar-refractivity contribution in [1.29, 1.82) is 0 Å². The van der Waals surface area contributed by atoms with Gasteiger partial charge in [-0.15, -0.1) is 0 Å². The maximum atomic E-state index is 12.1. The normalized spacial score (nSPS) is 26.4. The Morgan fingerprint density at radius 1 is 1.07 bits per heavy atom. The molecular formula is C22H36N6O. The molecule has 29 heavy (non-hydrogen) atoms. The lowest BCUT2D eigenvalue weighted by molar-refractivity contribution is -0.132. The monoisotopic (exact) mass is 400 g/mol. The molecule has 160 valence electrons. The van der Waals surface area contributed by atoms with Crippen LogP contribution in [0.2, 0.25) is 0 Å². The summed E-state index contributed by atoms with van der Waals surface area (Å²) in [5, 5.41) is 3.58. The summed E-state index contributed by atoms with van der Waals surface area (Å²) in [7, 11) is 0. The summed E-state index contributed by atoms with van der Waals surface area (Å²) < 4.78 is 0. The van der Waals surface area contributed by atoms with Crippen LogP contribution in [-0.2, 0) is 4.79 Å². The maximum Gasteiger partial charge on any atom is 0.224 e. The van der Waals surface area contributed by atoms with Gasteiger partial charge in [0.25, 0.3) is 0 Å². The van der Waals surface area contributed by atoms with Crippen LogP contribution < -0.4 is 10.2 Å². The van der Waals surface area contributed by atoms with Crippen LogP contribution in [0.4, 0.5) is 11.8 Å². The van der Waals surface area contributed by atoms with Crippen molar-refractivity contribution in [2.75, 3.05) is 49.5 Å². The van der Waals surface area contributed by atoms with Crippen LogP contribution in [0.5, 0.6) is 0 Å². The Morgan fingerprint density at radius 2 is 1.90 bits per heavy atom. The highest BCUT2D eigenvalue weighted by Gasteiger charge is 2.32. The highest BCUT2D eigenvalue weighted by molar-refractivity contribution is 5.75. The molecule has 4 rings (SSSR count). The minimum absolute atomic E-state index is 0.294. The first kappa shape index (κ1) is 20.4. The zero-order valence-electron chi connectivity index (χ0n) is 17.9. The van der Waals surface area contributed by atoms with Crippen molar-refractivity contribution in [3.63, 3.8) is 0 Å². The summed E-state index contributed by atoms with van der Waals surface area (Å²) in [5.74, 6) is 2.10. The van der Waals surface area contributed by atoms with Gasteiger partial charge in [0, 0.05) is 64.0 Å². The van der Waals surface area contributed by atoms with E-state index in [0.717, 1.165) is 63.9 Å². The average Bonchev–Trinajstić information content (AvgIpc) is 3.05. The molecule has 2 atom stereocenters. The van der Waals surface area contributed by atoms with E-state index in [0.29, 0.717) is 24.4 Å². The third-order valence-corrected chi connectivity index (χ3v) is 6.69. The van der Waals surface area contributed by atoms with Crippen molar-refractivity contribution in [2.24, 2.45) is 0 Å². The molecule has 3 saturated heterocycles. The van der Waals surface area contributed by atoms with Crippen LogP contribution in [0, 0.1) is 0 Å². The zero-order valence-corrected chi connectivity index (χ0v) is 17.9. The van der Waals surface area contributed by atoms with E-state index in [2.05, 4.69) is 25.0 Å². The minimum Gasteiger partial charge on any atom is -0.356 e. The van der Waals surface area contributed by atoms with Crippen molar-refractivity contribution in [3.05, 3.63) is 12.3 Å². The standard InChI is InChI=1S/C22H36N6O/c1-2-21(29)28-14-7-8-19(17-28)27-15-10-18(16-27)24-22-23-11-9-20(25-22)26-12-5-3-4-6-13-26/h9,11,18-19H,2-8,10,12-17H2,1H3,(H,23,24,25). The smallest absolute Gasteiger partial charge is 0.224 e. The topological polar surface area (TPSA) is 64.6 Å². The number of carbonyl (C=O) groups is 1. The molecule has 3 aliphatic heterocycles. The first-order chi connectivity index (χ1) is 14.2. The van der Waals surface area contributed by atoms with E-state index >= 15 is 0 Å². The lowest BCUT2D eigenvalue weighted by atomic mass is 10.0. The number of nitrogens with one attached hydrogen (secondary N) is 1. The van der Waals surface area contributed by atoms with Gasteiger partial charge in [-0.1, -0.05) is 19.8 Å². The average molecular weight is 401 g/mol. The molecule has 0 saturated carbocycles. The van der Waals surface area contributed by atoms with E-state index < -0.39 is 0 Å². The Hall–Kier alpha value is -1.89. The second-order valence-electron chi connectivity index (χ2n) is 8.75. The Morgan fingerprint density at radius 3 is 2.69 bits per heavy atom. The number of carbonyl (C=O) groups excluding carboxylic acids is 1. The predicted molar refractivity (Wildman–Crippen MR) is 116 cm³/mol. The number of hydrogen-bond acceptors (Lipinski definition) is 6. The number of aromatic nitrogens is 2. The number of rotatable bonds is 5. The van der Waals surface area contributed by atoms with Crippen molar-refractivity contribution in [3.8, 4) is 0 Å². The van der Waals surface area contributed by atoms with Crippen LogP contribution in [0.15, 0.2) is 12.3 Å². The van der Waals surface area contributed by atoms with Crippen molar-refractivity contribution >= 4 is 17.7 Å². The molecular weight excluding hydrogens is 364 g/mol. The molecule has 4 heterocycles. The lowest BCUT2D eigenvalue weighted by Gasteiger charge is -2.37. The van der Waals surface area contributed by atoms with Gasteiger partial charge in [0.15, 0.2) is 0 Å². The molecule has 7 nitrogen and oxygen atoms in total. The second kappa shape index (κ2) is 9.74. The van der Waals surface area contributed by atoms with Gasteiger partial charge in [0.1, 0.15) is 5.82 Å². The van der Waals surface area contributed by atoms with Crippen LogP contribution in [-0.4, -0.2) is 77.0 Å². The minimum atomic E-state index is 0.294. The molecule has 0 radical (unpaired) electrons. The maximum absolute atomic E-state index is 12.1. The van der Waals surface area contributed by atoms with Crippen LogP contribution >= 0.6 is 0 Å². The van der Waals surface area contributed by atoms with E-state index in [9.17, 15) is 4.79 Å². The SMILES string of the molecule is CCC(=O)N1CCCC(N2CCC(Nc3nccc(N4CCCCCC4)n3)C2)C1. The molecule has 0 bridgehead atoms. The molecule has 0 aromatic carbocycles. The Bertz CT molecular complexity index is 675. The Kier molecular flexibility index (Phi) is 6.85. The molecule has 0 spiro atoms. The molecule has 1 aromatic heterocycles. The highest BCUT2D eigenvalue weighted by Crippen LogP contribution is 2.23. The van der Waals surface area contributed by atoms with Gasteiger partial charge in [0.05, 0.1) is 0 Å². The number of hydrogen-bond donors (Lipinski definition) is 1. The first-order valence-corrected chi connectivity index (χ1v) is 11.6. The van der Waals surface area contributed by atoms with Crippen molar-refractivity contribution in [2.45, 2.75) is 70.4 Å². The van der Waals surface area contributed by atoms with E-state index in [1.807, 2.05) is 19.2 Å². The van der Waals surface area contributed by atoms with E-state index in [1.165, 1.54) is 32.1 Å². The quantitative estimate of drug-likeness (QED) is 0.820. The third-order valence-electron chi connectivity index (χ3n) is 6.69. The number of amides is 1. The first-order valence-electron chi connectivity index (χ1n) is 11.6. The highest BCUT2D eigenvalue weighted by atomic mass is 16.2. The molecule has 7 heteroatoms. The summed E-state index contributed by atoms with van der Waals surface area (Å²) in [6.45, 7) is 8.07. The van der Waals surface area contributed by atoms with Gasteiger partial charge in [-0.25, -0.2) is 4.98 Å². The van der Waals surface area contributed by atoms with Crippen molar-refractivity contribution < 1.29 is 4.79 Å². The predicted octanol–water partition coefficient (Wildman–Crippen LogP) is 2.74. The van der Waals surface area contributed by atoms with E-state index in [-0.39, 0.29) is 0 Å². The molecule has 3 fully saturated rings. The summed E-state index contributed by atoms with van der Waals surface area (Å²) in [6.07, 6.45) is 11.1. The largest absolute Gasteiger partial charge is 0.356 e. The summed E-state index contributed by atoms with van der Waals surface area (Å²) in [5.41, 5.74) is 0. The Balaban J connectivity index is 1.32. The van der Waals surface area contributed by atoms with Gasteiger partial charge in [0.2, 0.25) is 11.9 Å². The summed E-state index contributed by atoms with van der Waals surface area (Å²) in [4.78, 5) is 28.4. The molecule has 3 aliphatic rings. The molecule has 1 N–H and O–H groups in total. The molecule has 1 aromatic rings. The molecule has 1 amide bonds. The third kappa shape index (κ3) is 5.18. The number of piperidine rings is 1.